The van der Waals surface area contributed by atoms with E-state index in [2.05, 4.69) is 22.0 Å². The number of amides is 1. The van der Waals surface area contributed by atoms with Crippen LogP contribution in [0.3, 0.4) is 0 Å². The Morgan fingerprint density at radius 3 is 2.77 bits per heavy atom. The van der Waals surface area contributed by atoms with Gasteiger partial charge >= 0.3 is 0 Å². The maximum absolute atomic E-state index is 12.9. The molecule has 1 saturated heterocycles. The van der Waals surface area contributed by atoms with Gasteiger partial charge in [-0.2, -0.15) is 0 Å². The number of piperidine rings is 1. The van der Waals surface area contributed by atoms with E-state index in [0.717, 1.165) is 46.6 Å². The number of rotatable bonds is 3. The van der Waals surface area contributed by atoms with Crippen LogP contribution < -0.4 is 5.73 Å². The highest BCUT2D eigenvalue weighted by atomic mass is 79.9. The summed E-state index contributed by atoms with van der Waals surface area (Å²) in [7, 11) is 0. The van der Waals surface area contributed by atoms with Crippen molar-refractivity contribution in [2.75, 3.05) is 13.1 Å². The van der Waals surface area contributed by atoms with Crippen LogP contribution in [0.2, 0.25) is 0 Å². The molecule has 116 valence electrons. The largest absolute Gasteiger partial charge is 0.336 e. The van der Waals surface area contributed by atoms with Gasteiger partial charge < -0.3 is 10.6 Å². The van der Waals surface area contributed by atoms with E-state index in [1.54, 1.807) is 0 Å². The van der Waals surface area contributed by atoms with Crippen LogP contribution >= 0.6 is 15.9 Å². The van der Waals surface area contributed by atoms with E-state index < -0.39 is 0 Å². The molecule has 0 radical (unpaired) electrons. The quantitative estimate of drug-likeness (QED) is 0.900. The number of benzene rings is 2. The van der Waals surface area contributed by atoms with Gasteiger partial charge in [-0.3, -0.25) is 4.79 Å². The minimum atomic E-state index is 0.142. The molecule has 2 N–H and O–H groups in total. The summed E-state index contributed by atoms with van der Waals surface area (Å²) in [4.78, 5) is 14.9. The van der Waals surface area contributed by atoms with E-state index in [4.69, 9.17) is 5.73 Å². The lowest BCUT2D eigenvalue weighted by Gasteiger charge is -2.35. The summed E-state index contributed by atoms with van der Waals surface area (Å²) in [6.07, 6.45) is 4.25. The highest BCUT2D eigenvalue weighted by Crippen LogP contribution is 2.25. The molecule has 0 aliphatic carbocycles. The summed E-state index contributed by atoms with van der Waals surface area (Å²) >= 11 is 3.48. The van der Waals surface area contributed by atoms with Crippen molar-refractivity contribution in [1.29, 1.82) is 0 Å². The molecule has 1 unspecified atom stereocenters. The van der Waals surface area contributed by atoms with Gasteiger partial charge in [-0.25, -0.2) is 0 Å². The molecule has 4 heteroatoms. The van der Waals surface area contributed by atoms with E-state index in [9.17, 15) is 4.79 Å². The third-order valence-electron chi connectivity index (χ3n) is 4.44. The van der Waals surface area contributed by atoms with Gasteiger partial charge in [-0.1, -0.05) is 28.1 Å². The molecule has 3 nitrogen and oxygen atoms in total. The highest BCUT2D eigenvalue weighted by Gasteiger charge is 2.26. The zero-order valence-corrected chi connectivity index (χ0v) is 14.2. The van der Waals surface area contributed by atoms with Crippen LogP contribution in [0.4, 0.5) is 0 Å². The van der Waals surface area contributed by atoms with Crippen LogP contribution in [0.25, 0.3) is 10.8 Å². The first kappa shape index (κ1) is 15.5. The predicted octanol–water partition coefficient (Wildman–Crippen LogP) is 3.95. The first-order chi connectivity index (χ1) is 10.7. The maximum atomic E-state index is 12.9. The Hall–Kier alpha value is -1.39. The fourth-order valence-corrected chi connectivity index (χ4v) is 3.65. The van der Waals surface area contributed by atoms with Crippen LogP contribution in [-0.2, 0) is 0 Å². The number of halogens is 1. The molecule has 2 aromatic carbocycles. The molecule has 0 saturated carbocycles. The summed E-state index contributed by atoms with van der Waals surface area (Å²) in [6, 6.07) is 12.4. The lowest BCUT2D eigenvalue weighted by atomic mass is 9.97. The van der Waals surface area contributed by atoms with Gasteiger partial charge in [-0.15, -0.1) is 0 Å². The van der Waals surface area contributed by atoms with Crippen molar-refractivity contribution in [3.63, 3.8) is 0 Å². The molecule has 1 heterocycles. The van der Waals surface area contributed by atoms with Gasteiger partial charge in [0.1, 0.15) is 0 Å². The Balaban J connectivity index is 1.88. The molecular weight excluding hydrogens is 340 g/mol. The van der Waals surface area contributed by atoms with E-state index in [1.807, 2.05) is 35.2 Å². The minimum absolute atomic E-state index is 0.142. The Labute approximate surface area is 139 Å². The SMILES string of the molecule is NCCC1CCCCN1C(=O)c1ccc2cc(Br)ccc2c1. The number of fused-ring (bicyclic) bond motifs is 1. The molecular formula is C18H21BrN2O. The molecule has 1 aliphatic heterocycles. The van der Waals surface area contributed by atoms with Crippen LogP contribution in [0.15, 0.2) is 40.9 Å². The number of carbonyl (C=O) groups is 1. The summed E-state index contributed by atoms with van der Waals surface area (Å²) < 4.78 is 1.05. The van der Waals surface area contributed by atoms with Crippen LogP contribution in [0, 0.1) is 0 Å². The van der Waals surface area contributed by atoms with Crippen LogP contribution in [-0.4, -0.2) is 29.9 Å². The third kappa shape index (κ3) is 3.18. The average Bonchev–Trinajstić information content (AvgIpc) is 2.54. The Morgan fingerprint density at radius 1 is 1.18 bits per heavy atom. The second-order valence-corrected chi connectivity index (χ2v) is 6.85. The Bertz CT molecular complexity index is 684. The standard InChI is InChI=1S/C18H21BrN2O/c19-16-7-6-13-11-15(5-4-14(13)12-16)18(22)21-10-2-1-3-17(21)8-9-20/h4-7,11-12,17H,1-3,8-10,20H2. The summed E-state index contributed by atoms with van der Waals surface area (Å²) in [5.74, 6) is 0.142. The Morgan fingerprint density at radius 2 is 1.95 bits per heavy atom. The number of likely N-dealkylation sites (tertiary alicyclic amines) is 1. The van der Waals surface area contributed by atoms with Gasteiger partial charge in [0.15, 0.2) is 0 Å². The maximum Gasteiger partial charge on any atom is 0.254 e. The van der Waals surface area contributed by atoms with Gasteiger partial charge in [-0.05, 0) is 67.3 Å². The van der Waals surface area contributed by atoms with Crippen molar-refractivity contribution in [1.82, 2.24) is 4.90 Å². The smallest absolute Gasteiger partial charge is 0.254 e. The zero-order chi connectivity index (χ0) is 15.5. The van der Waals surface area contributed by atoms with E-state index in [-0.39, 0.29) is 5.91 Å². The molecule has 2 aromatic rings. The molecule has 0 bridgehead atoms. The summed E-state index contributed by atoms with van der Waals surface area (Å²) in [5, 5.41) is 2.24. The molecule has 3 rings (SSSR count). The normalized spacial score (nSPS) is 18.6. The van der Waals surface area contributed by atoms with Gasteiger partial charge in [0.2, 0.25) is 0 Å². The first-order valence-corrected chi connectivity index (χ1v) is 8.68. The van der Waals surface area contributed by atoms with Gasteiger partial charge in [0.05, 0.1) is 0 Å². The van der Waals surface area contributed by atoms with Gasteiger partial charge in [0, 0.05) is 22.6 Å². The van der Waals surface area contributed by atoms with E-state index >= 15 is 0 Å². The zero-order valence-electron chi connectivity index (χ0n) is 12.6. The van der Waals surface area contributed by atoms with Crippen molar-refractivity contribution < 1.29 is 4.79 Å². The second-order valence-electron chi connectivity index (χ2n) is 5.93. The lowest BCUT2D eigenvalue weighted by molar-refractivity contribution is 0.0605. The third-order valence-corrected chi connectivity index (χ3v) is 4.93. The van der Waals surface area contributed by atoms with Crippen molar-refractivity contribution in [2.45, 2.75) is 31.7 Å². The molecule has 1 amide bonds. The number of nitrogens with zero attached hydrogens (tertiary/aromatic N) is 1. The van der Waals surface area contributed by atoms with E-state index in [1.165, 1.54) is 6.42 Å². The minimum Gasteiger partial charge on any atom is -0.336 e. The van der Waals surface area contributed by atoms with Crippen molar-refractivity contribution >= 4 is 32.6 Å². The molecule has 1 aliphatic rings. The van der Waals surface area contributed by atoms with Crippen LogP contribution in [0.1, 0.15) is 36.0 Å². The van der Waals surface area contributed by atoms with Crippen LogP contribution in [0.5, 0.6) is 0 Å². The number of hydrogen-bond acceptors (Lipinski definition) is 2. The highest BCUT2D eigenvalue weighted by molar-refractivity contribution is 9.10. The second kappa shape index (κ2) is 6.80. The van der Waals surface area contributed by atoms with E-state index in [0.29, 0.717) is 12.6 Å². The summed E-state index contributed by atoms with van der Waals surface area (Å²) in [5.41, 5.74) is 6.48. The van der Waals surface area contributed by atoms with Crippen molar-refractivity contribution in [2.24, 2.45) is 5.73 Å². The number of nitrogens with two attached hydrogens (primary N) is 1. The molecule has 0 spiro atoms. The number of carbonyl (C=O) groups excluding carboxylic acids is 1. The van der Waals surface area contributed by atoms with Crippen molar-refractivity contribution in [3.8, 4) is 0 Å². The molecule has 22 heavy (non-hydrogen) atoms. The topological polar surface area (TPSA) is 46.3 Å². The summed E-state index contributed by atoms with van der Waals surface area (Å²) in [6.45, 7) is 1.49. The lowest BCUT2D eigenvalue weighted by Crippen LogP contribution is -2.44. The predicted molar refractivity (Wildman–Crippen MR) is 94.0 cm³/mol. The molecule has 1 atom stereocenters. The molecule has 0 aromatic heterocycles. The molecule has 1 fully saturated rings. The first-order valence-electron chi connectivity index (χ1n) is 7.89. The fourth-order valence-electron chi connectivity index (χ4n) is 3.28. The van der Waals surface area contributed by atoms with Gasteiger partial charge in [0.25, 0.3) is 5.91 Å². The van der Waals surface area contributed by atoms with Crippen molar-refractivity contribution in [3.05, 3.63) is 46.4 Å². The fraction of sp³-hybridized carbons (Fsp3) is 0.389. The monoisotopic (exact) mass is 360 g/mol. The average molecular weight is 361 g/mol. The number of hydrogen-bond donors (Lipinski definition) is 1. The Kier molecular flexibility index (Phi) is 4.79.